The molecule has 0 aliphatic heterocycles. The second kappa shape index (κ2) is 7.92. The maximum atomic E-state index is 12.1. The molecule has 2 amide bonds. The Balaban J connectivity index is 1.80. The Morgan fingerprint density at radius 3 is 2.61 bits per heavy atom. The van der Waals surface area contributed by atoms with Crippen LogP contribution in [0.3, 0.4) is 0 Å². The molecule has 1 aromatic carbocycles. The summed E-state index contributed by atoms with van der Waals surface area (Å²) in [5, 5.41) is 23.3. The fourth-order valence-corrected chi connectivity index (χ4v) is 2.88. The Morgan fingerprint density at radius 2 is 2.00 bits per heavy atom. The van der Waals surface area contributed by atoms with E-state index in [9.17, 15) is 20.0 Å². The van der Waals surface area contributed by atoms with Crippen molar-refractivity contribution < 1.29 is 14.8 Å². The minimum absolute atomic E-state index is 0.0310. The number of non-ortho nitro benzene ring substituents is 1. The molecule has 0 radical (unpaired) electrons. The summed E-state index contributed by atoms with van der Waals surface area (Å²) in [5.74, 6) is 0.138. The summed E-state index contributed by atoms with van der Waals surface area (Å²) in [7, 11) is 1.71. The van der Waals surface area contributed by atoms with Gasteiger partial charge in [0.25, 0.3) is 5.69 Å². The van der Waals surface area contributed by atoms with Crippen molar-refractivity contribution in [3.63, 3.8) is 0 Å². The van der Waals surface area contributed by atoms with E-state index in [0.29, 0.717) is 13.1 Å². The van der Waals surface area contributed by atoms with Crippen molar-refractivity contribution in [1.82, 2.24) is 10.2 Å². The minimum Gasteiger partial charge on any atom is -0.393 e. The zero-order valence-corrected chi connectivity index (χ0v) is 13.3. The largest absolute Gasteiger partial charge is 0.393 e. The standard InChI is InChI=1S/C16H23N3O4/c1-18(11-13-4-2-3-5-15(13)20)16(21)17-10-12-6-8-14(9-7-12)19(22)23/h6-9,13,15,20H,2-5,10-11H2,1H3,(H,17,21). The van der Waals surface area contributed by atoms with Crippen LogP contribution in [0.15, 0.2) is 24.3 Å². The molecule has 7 heteroatoms. The number of nitrogens with zero attached hydrogens (tertiary/aromatic N) is 2. The predicted molar refractivity (Wildman–Crippen MR) is 85.9 cm³/mol. The third-order valence-corrected chi connectivity index (χ3v) is 4.31. The summed E-state index contributed by atoms with van der Waals surface area (Å²) in [6, 6.07) is 5.89. The summed E-state index contributed by atoms with van der Waals surface area (Å²) in [4.78, 5) is 23.8. The zero-order valence-electron chi connectivity index (χ0n) is 13.3. The minimum atomic E-state index is -0.453. The number of amides is 2. The van der Waals surface area contributed by atoms with E-state index >= 15 is 0 Å². The first-order valence-corrected chi connectivity index (χ1v) is 7.87. The molecule has 1 aliphatic rings. The lowest BCUT2D eigenvalue weighted by Crippen LogP contribution is -2.42. The van der Waals surface area contributed by atoms with E-state index in [1.807, 2.05) is 0 Å². The fraction of sp³-hybridized carbons (Fsp3) is 0.562. The fourth-order valence-electron chi connectivity index (χ4n) is 2.88. The number of nitrogens with one attached hydrogen (secondary N) is 1. The first-order chi connectivity index (χ1) is 11.0. The third-order valence-electron chi connectivity index (χ3n) is 4.31. The maximum absolute atomic E-state index is 12.1. The number of nitro groups is 1. The number of urea groups is 1. The molecule has 0 saturated heterocycles. The van der Waals surface area contributed by atoms with E-state index < -0.39 is 4.92 Å². The number of rotatable bonds is 5. The van der Waals surface area contributed by atoms with Crippen molar-refractivity contribution in [1.29, 1.82) is 0 Å². The van der Waals surface area contributed by atoms with Gasteiger partial charge in [0.05, 0.1) is 11.0 Å². The van der Waals surface area contributed by atoms with Crippen LogP contribution in [0, 0.1) is 16.0 Å². The highest BCUT2D eigenvalue weighted by Gasteiger charge is 2.25. The summed E-state index contributed by atoms with van der Waals surface area (Å²) in [5.41, 5.74) is 0.832. The van der Waals surface area contributed by atoms with Crippen LogP contribution in [-0.4, -0.2) is 40.7 Å². The number of aliphatic hydroxyl groups excluding tert-OH is 1. The van der Waals surface area contributed by atoms with E-state index in [0.717, 1.165) is 31.2 Å². The predicted octanol–water partition coefficient (Wildman–Crippen LogP) is 2.29. The molecule has 2 atom stereocenters. The molecule has 2 N–H and O–H groups in total. The van der Waals surface area contributed by atoms with Crippen molar-refractivity contribution in [3.05, 3.63) is 39.9 Å². The molecule has 2 rings (SSSR count). The van der Waals surface area contributed by atoms with Crippen LogP contribution >= 0.6 is 0 Å². The Hall–Kier alpha value is -2.15. The topological polar surface area (TPSA) is 95.7 Å². The smallest absolute Gasteiger partial charge is 0.317 e. The van der Waals surface area contributed by atoms with Crippen molar-refractivity contribution in [2.75, 3.05) is 13.6 Å². The van der Waals surface area contributed by atoms with Crippen molar-refractivity contribution >= 4 is 11.7 Å². The second-order valence-corrected chi connectivity index (χ2v) is 6.07. The van der Waals surface area contributed by atoms with Crippen molar-refractivity contribution in [2.24, 2.45) is 5.92 Å². The molecule has 0 aromatic heterocycles. The van der Waals surface area contributed by atoms with Gasteiger partial charge in [0, 0.05) is 38.2 Å². The van der Waals surface area contributed by atoms with E-state index in [4.69, 9.17) is 0 Å². The van der Waals surface area contributed by atoms with Crippen LogP contribution in [0.25, 0.3) is 0 Å². The molecule has 1 aromatic rings. The first kappa shape index (κ1) is 17.2. The molecule has 1 saturated carbocycles. The van der Waals surface area contributed by atoms with Crippen LogP contribution in [0.1, 0.15) is 31.2 Å². The molecule has 1 aliphatic carbocycles. The summed E-state index contributed by atoms with van der Waals surface area (Å²) < 4.78 is 0. The van der Waals surface area contributed by atoms with Crippen molar-refractivity contribution in [3.8, 4) is 0 Å². The van der Waals surface area contributed by atoms with Gasteiger partial charge in [-0.25, -0.2) is 4.79 Å². The summed E-state index contributed by atoms with van der Waals surface area (Å²) in [6.07, 6.45) is 3.58. The third kappa shape index (κ3) is 4.92. The SMILES string of the molecule is CN(CC1CCCCC1O)C(=O)NCc1ccc([N+](=O)[O-])cc1. The molecule has 1 fully saturated rings. The van der Waals surface area contributed by atoms with Crippen molar-refractivity contribution in [2.45, 2.75) is 38.3 Å². The highest BCUT2D eigenvalue weighted by molar-refractivity contribution is 5.73. The lowest BCUT2D eigenvalue weighted by molar-refractivity contribution is -0.384. The Bertz CT molecular complexity index is 547. The number of hydrogen-bond donors (Lipinski definition) is 2. The molecule has 23 heavy (non-hydrogen) atoms. The van der Waals surface area contributed by atoms with Crippen LogP contribution in [0.2, 0.25) is 0 Å². The molecule has 126 valence electrons. The van der Waals surface area contributed by atoms with Crippen LogP contribution < -0.4 is 5.32 Å². The summed E-state index contributed by atoms with van der Waals surface area (Å²) in [6.45, 7) is 0.849. The van der Waals surface area contributed by atoms with Gasteiger partial charge >= 0.3 is 6.03 Å². The lowest BCUT2D eigenvalue weighted by atomic mass is 9.86. The van der Waals surface area contributed by atoms with Gasteiger partial charge in [-0.3, -0.25) is 10.1 Å². The van der Waals surface area contributed by atoms with Crippen LogP contribution in [-0.2, 0) is 6.54 Å². The molecule has 2 unspecified atom stereocenters. The Labute approximate surface area is 135 Å². The van der Waals surface area contributed by atoms with Gasteiger partial charge in [0.2, 0.25) is 0 Å². The molecule has 0 spiro atoms. The van der Waals surface area contributed by atoms with Gasteiger partial charge in [-0.05, 0) is 18.4 Å². The number of aliphatic hydroxyl groups is 1. The maximum Gasteiger partial charge on any atom is 0.317 e. The van der Waals surface area contributed by atoms with Gasteiger partial charge in [-0.1, -0.05) is 25.0 Å². The van der Waals surface area contributed by atoms with E-state index in [-0.39, 0.29) is 23.7 Å². The highest BCUT2D eigenvalue weighted by Crippen LogP contribution is 2.24. The average molecular weight is 321 g/mol. The van der Waals surface area contributed by atoms with Gasteiger partial charge in [0.15, 0.2) is 0 Å². The summed E-state index contributed by atoms with van der Waals surface area (Å²) >= 11 is 0. The van der Waals surface area contributed by atoms with Gasteiger partial charge < -0.3 is 15.3 Å². The number of benzene rings is 1. The van der Waals surface area contributed by atoms with E-state index in [1.54, 1.807) is 24.1 Å². The van der Waals surface area contributed by atoms with Gasteiger partial charge in [-0.2, -0.15) is 0 Å². The molecular formula is C16H23N3O4. The van der Waals surface area contributed by atoms with Gasteiger partial charge in [0.1, 0.15) is 0 Å². The molecule has 7 nitrogen and oxygen atoms in total. The normalized spacial score (nSPS) is 20.8. The van der Waals surface area contributed by atoms with Crippen LogP contribution in [0.4, 0.5) is 10.5 Å². The van der Waals surface area contributed by atoms with Gasteiger partial charge in [-0.15, -0.1) is 0 Å². The quantitative estimate of drug-likeness (QED) is 0.642. The highest BCUT2D eigenvalue weighted by atomic mass is 16.6. The number of carbonyl (C=O) groups excluding carboxylic acids is 1. The average Bonchev–Trinajstić information content (AvgIpc) is 2.55. The second-order valence-electron chi connectivity index (χ2n) is 6.07. The Kier molecular flexibility index (Phi) is 5.92. The molecule has 0 bridgehead atoms. The number of carbonyl (C=O) groups is 1. The number of hydrogen-bond acceptors (Lipinski definition) is 4. The molecule has 0 heterocycles. The lowest BCUT2D eigenvalue weighted by Gasteiger charge is -2.31. The Morgan fingerprint density at radius 1 is 1.35 bits per heavy atom. The molecular weight excluding hydrogens is 298 g/mol. The first-order valence-electron chi connectivity index (χ1n) is 7.87. The monoisotopic (exact) mass is 321 g/mol. The number of nitro benzene ring substituents is 1. The van der Waals surface area contributed by atoms with E-state index in [2.05, 4.69) is 5.32 Å². The van der Waals surface area contributed by atoms with Crippen LogP contribution in [0.5, 0.6) is 0 Å². The zero-order chi connectivity index (χ0) is 16.8. The van der Waals surface area contributed by atoms with E-state index in [1.165, 1.54) is 12.1 Å².